The Hall–Kier alpha value is -1.44. The number of benzene rings is 1. The lowest BCUT2D eigenvalue weighted by molar-refractivity contribution is -0.130. The van der Waals surface area contributed by atoms with Gasteiger partial charge in [-0.3, -0.25) is 4.79 Å². The van der Waals surface area contributed by atoms with Crippen LogP contribution in [0.1, 0.15) is 19.3 Å². The van der Waals surface area contributed by atoms with Gasteiger partial charge in [-0.2, -0.15) is 0 Å². The molecule has 2 heterocycles. The number of nitrogens with zero attached hydrogens (tertiary/aromatic N) is 1. The topological polar surface area (TPSA) is 75.7 Å². The van der Waals surface area contributed by atoms with Gasteiger partial charge in [0.25, 0.3) is 0 Å². The van der Waals surface area contributed by atoms with Gasteiger partial charge in [-0.05, 0) is 43.5 Å². The number of nitrogens with one attached hydrogen (secondary N) is 1. The third-order valence-corrected chi connectivity index (χ3v) is 7.55. The highest BCUT2D eigenvalue weighted by Crippen LogP contribution is 2.43. The number of hydrogen-bond acceptors (Lipinski definition) is 5. The zero-order valence-electron chi connectivity index (χ0n) is 15.3. The van der Waals surface area contributed by atoms with Crippen molar-refractivity contribution in [3.8, 4) is 0 Å². The van der Waals surface area contributed by atoms with Crippen molar-refractivity contribution < 1.29 is 17.9 Å². The van der Waals surface area contributed by atoms with Crippen molar-refractivity contribution >= 4 is 15.7 Å². The molecule has 2 aliphatic heterocycles. The van der Waals surface area contributed by atoms with Crippen LogP contribution in [0.2, 0.25) is 0 Å². The molecule has 2 saturated heterocycles. The first kappa shape index (κ1) is 19.3. The Labute approximate surface area is 155 Å². The minimum absolute atomic E-state index is 0.0330. The average molecular weight is 381 g/mol. The molecule has 0 aromatic heterocycles. The van der Waals surface area contributed by atoms with Crippen molar-refractivity contribution in [2.75, 3.05) is 45.6 Å². The Bertz CT molecular complexity index is 714. The van der Waals surface area contributed by atoms with E-state index in [-0.39, 0.29) is 28.4 Å². The van der Waals surface area contributed by atoms with Crippen LogP contribution < -0.4 is 5.32 Å². The van der Waals surface area contributed by atoms with Crippen molar-refractivity contribution in [1.82, 2.24) is 10.2 Å². The standard InChI is InChI=1S/C19H28N2O4S/c1-25-14-16-13-21(15-19(16)8-10-20-11-9-19)18(22)7-12-26(23,24)17-5-3-2-4-6-17/h2-6,16,20H,7-15H2,1H3. The number of carbonyl (C=O) groups is 1. The van der Waals surface area contributed by atoms with Crippen LogP contribution in [0, 0.1) is 11.3 Å². The van der Waals surface area contributed by atoms with Gasteiger partial charge in [-0.1, -0.05) is 18.2 Å². The molecular formula is C19H28N2O4S. The summed E-state index contributed by atoms with van der Waals surface area (Å²) in [4.78, 5) is 14.8. The van der Waals surface area contributed by atoms with E-state index >= 15 is 0 Å². The molecule has 7 heteroatoms. The van der Waals surface area contributed by atoms with E-state index in [1.807, 2.05) is 4.90 Å². The number of amides is 1. The van der Waals surface area contributed by atoms with Gasteiger partial charge >= 0.3 is 0 Å². The molecule has 26 heavy (non-hydrogen) atoms. The molecule has 144 valence electrons. The summed E-state index contributed by atoms with van der Waals surface area (Å²) >= 11 is 0. The largest absolute Gasteiger partial charge is 0.384 e. The first-order valence-corrected chi connectivity index (χ1v) is 10.9. The monoisotopic (exact) mass is 380 g/mol. The zero-order valence-corrected chi connectivity index (χ0v) is 16.1. The average Bonchev–Trinajstić information content (AvgIpc) is 2.99. The SMILES string of the molecule is COCC1CN(C(=O)CCS(=O)(=O)c2ccccc2)CC12CCNCC2. The Morgan fingerprint density at radius 3 is 2.62 bits per heavy atom. The minimum atomic E-state index is -3.42. The number of sulfone groups is 1. The van der Waals surface area contributed by atoms with Gasteiger partial charge in [0.2, 0.25) is 5.91 Å². The summed E-state index contributed by atoms with van der Waals surface area (Å²) in [6.07, 6.45) is 2.10. The Balaban J connectivity index is 1.63. The molecule has 0 radical (unpaired) electrons. The van der Waals surface area contributed by atoms with Gasteiger partial charge < -0.3 is 15.0 Å². The fraction of sp³-hybridized carbons (Fsp3) is 0.632. The van der Waals surface area contributed by atoms with Crippen LogP contribution in [0.25, 0.3) is 0 Å². The fourth-order valence-corrected chi connectivity index (χ4v) is 5.52. The molecule has 6 nitrogen and oxygen atoms in total. The van der Waals surface area contributed by atoms with Crippen LogP contribution >= 0.6 is 0 Å². The minimum Gasteiger partial charge on any atom is -0.384 e. The summed E-state index contributed by atoms with van der Waals surface area (Å²) in [5.41, 5.74) is 0.106. The summed E-state index contributed by atoms with van der Waals surface area (Å²) in [6.45, 7) is 3.95. The second-order valence-electron chi connectivity index (χ2n) is 7.42. The van der Waals surface area contributed by atoms with Crippen molar-refractivity contribution in [3.05, 3.63) is 30.3 Å². The smallest absolute Gasteiger partial charge is 0.223 e. The molecule has 3 rings (SSSR count). The molecule has 2 fully saturated rings. The quantitative estimate of drug-likeness (QED) is 0.806. The third kappa shape index (κ3) is 4.10. The molecule has 0 bridgehead atoms. The first-order chi connectivity index (χ1) is 12.5. The van der Waals surface area contributed by atoms with Crippen molar-refractivity contribution in [2.45, 2.75) is 24.2 Å². The van der Waals surface area contributed by atoms with Crippen LogP contribution in [0.5, 0.6) is 0 Å². The molecule has 1 aromatic carbocycles. The number of rotatable bonds is 6. The van der Waals surface area contributed by atoms with E-state index < -0.39 is 9.84 Å². The second-order valence-corrected chi connectivity index (χ2v) is 9.53. The van der Waals surface area contributed by atoms with Gasteiger partial charge in [-0.25, -0.2) is 8.42 Å². The molecular weight excluding hydrogens is 352 g/mol. The first-order valence-electron chi connectivity index (χ1n) is 9.22. The molecule has 1 atom stereocenters. The summed E-state index contributed by atoms with van der Waals surface area (Å²) < 4.78 is 30.2. The fourth-order valence-electron chi connectivity index (χ4n) is 4.27. The van der Waals surface area contributed by atoms with E-state index in [1.54, 1.807) is 37.4 Å². The van der Waals surface area contributed by atoms with Gasteiger partial charge in [0.15, 0.2) is 9.84 Å². The van der Waals surface area contributed by atoms with Gasteiger partial charge in [0, 0.05) is 32.5 Å². The number of hydrogen-bond donors (Lipinski definition) is 1. The normalized spacial score (nSPS) is 22.7. The highest BCUT2D eigenvalue weighted by Gasteiger charge is 2.47. The van der Waals surface area contributed by atoms with Gasteiger partial charge in [0.05, 0.1) is 17.3 Å². The van der Waals surface area contributed by atoms with E-state index in [9.17, 15) is 13.2 Å². The summed E-state index contributed by atoms with van der Waals surface area (Å²) in [6, 6.07) is 8.34. The molecule has 2 aliphatic rings. The van der Waals surface area contributed by atoms with E-state index in [4.69, 9.17) is 4.74 Å². The Kier molecular flexibility index (Phi) is 5.99. The molecule has 1 aromatic rings. The highest BCUT2D eigenvalue weighted by atomic mass is 32.2. The maximum absolute atomic E-state index is 12.7. The number of ether oxygens (including phenoxy) is 1. The van der Waals surface area contributed by atoms with Crippen LogP contribution in [0.3, 0.4) is 0 Å². The summed E-state index contributed by atoms with van der Waals surface area (Å²) in [5, 5.41) is 3.38. The molecule has 1 N–H and O–H groups in total. The molecule has 0 aliphatic carbocycles. The molecule has 1 unspecified atom stereocenters. The van der Waals surface area contributed by atoms with Crippen LogP contribution in [-0.4, -0.2) is 64.9 Å². The lowest BCUT2D eigenvalue weighted by atomic mass is 9.71. The van der Waals surface area contributed by atoms with Gasteiger partial charge in [0.1, 0.15) is 0 Å². The second kappa shape index (κ2) is 8.06. The van der Waals surface area contributed by atoms with E-state index in [2.05, 4.69) is 5.32 Å². The lowest BCUT2D eigenvalue weighted by Gasteiger charge is -2.38. The summed E-state index contributed by atoms with van der Waals surface area (Å²) in [7, 11) is -1.72. The number of methoxy groups -OCH3 is 1. The number of carbonyl (C=O) groups excluding carboxylic acids is 1. The van der Waals surface area contributed by atoms with E-state index in [0.29, 0.717) is 25.6 Å². The molecule has 0 saturated carbocycles. The molecule has 1 amide bonds. The van der Waals surface area contributed by atoms with E-state index in [0.717, 1.165) is 25.9 Å². The Morgan fingerprint density at radius 1 is 1.27 bits per heavy atom. The Morgan fingerprint density at radius 2 is 1.96 bits per heavy atom. The summed E-state index contributed by atoms with van der Waals surface area (Å²) in [5.74, 6) is 0.112. The predicted molar refractivity (Wildman–Crippen MR) is 99.6 cm³/mol. The zero-order chi connectivity index (χ0) is 18.6. The highest BCUT2D eigenvalue weighted by molar-refractivity contribution is 7.91. The number of likely N-dealkylation sites (tertiary alicyclic amines) is 1. The predicted octanol–water partition coefficient (Wildman–Crippen LogP) is 1.32. The van der Waals surface area contributed by atoms with Crippen molar-refractivity contribution in [1.29, 1.82) is 0 Å². The van der Waals surface area contributed by atoms with Crippen molar-refractivity contribution in [3.63, 3.8) is 0 Å². The number of piperidine rings is 1. The third-order valence-electron chi connectivity index (χ3n) is 5.82. The van der Waals surface area contributed by atoms with Crippen LogP contribution in [0.15, 0.2) is 35.2 Å². The van der Waals surface area contributed by atoms with Crippen molar-refractivity contribution in [2.24, 2.45) is 11.3 Å². The van der Waals surface area contributed by atoms with E-state index in [1.165, 1.54) is 0 Å². The van der Waals surface area contributed by atoms with Crippen LogP contribution in [0.4, 0.5) is 0 Å². The maximum atomic E-state index is 12.7. The van der Waals surface area contributed by atoms with Crippen LogP contribution in [-0.2, 0) is 19.4 Å². The van der Waals surface area contributed by atoms with Gasteiger partial charge in [-0.15, -0.1) is 0 Å². The maximum Gasteiger partial charge on any atom is 0.223 e. The molecule has 1 spiro atoms. The lowest BCUT2D eigenvalue weighted by Crippen LogP contribution is -2.43.